The Morgan fingerprint density at radius 2 is 2.20 bits per heavy atom. The lowest BCUT2D eigenvalue weighted by atomic mass is 10.4. The Bertz CT molecular complexity index is 551. The summed E-state index contributed by atoms with van der Waals surface area (Å²) < 4.78 is 36.8. The van der Waals surface area contributed by atoms with E-state index in [2.05, 4.69) is 0 Å². The van der Waals surface area contributed by atoms with Crippen LogP contribution < -0.4 is 0 Å². The SMILES string of the molecule is Cc1oc(CCl)cc1S(=O)(=O)N(C)CCOCC1CC1. The van der Waals surface area contributed by atoms with Crippen LogP contribution >= 0.6 is 11.6 Å². The Morgan fingerprint density at radius 1 is 1.50 bits per heavy atom. The summed E-state index contributed by atoms with van der Waals surface area (Å²) in [5.74, 6) is 1.66. The highest BCUT2D eigenvalue weighted by Crippen LogP contribution is 2.28. The molecule has 0 N–H and O–H groups in total. The number of sulfonamides is 1. The van der Waals surface area contributed by atoms with Gasteiger partial charge in [-0.2, -0.15) is 4.31 Å². The van der Waals surface area contributed by atoms with Gasteiger partial charge in [-0.15, -0.1) is 11.6 Å². The third-order valence-electron chi connectivity index (χ3n) is 3.34. The van der Waals surface area contributed by atoms with Crippen molar-refractivity contribution in [2.24, 2.45) is 5.92 Å². The lowest BCUT2D eigenvalue weighted by molar-refractivity contribution is 0.117. The van der Waals surface area contributed by atoms with E-state index in [1.165, 1.54) is 23.2 Å². The third-order valence-corrected chi connectivity index (χ3v) is 5.57. The van der Waals surface area contributed by atoms with Crippen molar-refractivity contribution in [2.75, 3.05) is 26.8 Å². The molecule has 2 rings (SSSR count). The quantitative estimate of drug-likeness (QED) is 0.545. The summed E-state index contributed by atoms with van der Waals surface area (Å²) in [4.78, 5) is 0.179. The number of hydrogen-bond acceptors (Lipinski definition) is 4. The van der Waals surface area contributed by atoms with Crippen LogP contribution in [0.1, 0.15) is 24.4 Å². The van der Waals surface area contributed by atoms with Gasteiger partial charge in [0.25, 0.3) is 0 Å². The van der Waals surface area contributed by atoms with Gasteiger partial charge in [-0.05, 0) is 25.7 Å². The summed E-state index contributed by atoms with van der Waals surface area (Å²) in [5.41, 5.74) is 0. The first-order chi connectivity index (χ1) is 9.45. The molecule has 0 unspecified atom stereocenters. The van der Waals surface area contributed by atoms with E-state index in [9.17, 15) is 8.42 Å². The molecule has 1 aromatic rings. The first kappa shape index (κ1) is 15.8. The molecule has 20 heavy (non-hydrogen) atoms. The van der Waals surface area contributed by atoms with Crippen molar-refractivity contribution in [1.29, 1.82) is 0 Å². The van der Waals surface area contributed by atoms with Crippen molar-refractivity contribution in [2.45, 2.75) is 30.5 Å². The van der Waals surface area contributed by atoms with Gasteiger partial charge in [-0.3, -0.25) is 0 Å². The molecule has 0 bridgehead atoms. The summed E-state index contributed by atoms with van der Waals surface area (Å²) in [6.45, 7) is 3.09. The molecule has 114 valence electrons. The standard InChI is InChI=1S/C13H20ClNO4S/c1-10-13(7-12(8-14)19-10)20(16,17)15(2)5-6-18-9-11-3-4-11/h7,11H,3-6,8-9H2,1-2H3. The van der Waals surface area contributed by atoms with E-state index in [-0.39, 0.29) is 10.8 Å². The average molecular weight is 322 g/mol. The highest BCUT2D eigenvalue weighted by Gasteiger charge is 2.26. The molecule has 1 heterocycles. The topological polar surface area (TPSA) is 59.8 Å². The fraction of sp³-hybridized carbons (Fsp3) is 0.692. The number of halogens is 1. The van der Waals surface area contributed by atoms with Crippen LogP contribution in [0.5, 0.6) is 0 Å². The second kappa shape index (κ2) is 6.47. The Hall–Kier alpha value is -0.560. The lowest BCUT2D eigenvalue weighted by Crippen LogP contribution is -2.30. The van der Waals surface area contributed by atoms with Crippen LogP contribution in [0.25, 0.3) is 0 Å². The minimum absolute atomic E-state index is 0.157. The van der Waals surface area contributed by atoms with E-state index in [0.717, 1.165) is 6.61 Å². The molecule has 0 spiro atoms. The van der Waals surface area contributed by atoms with Crippen molar-refractivity contribution >= 4 is 21.6 Å². The van der Waals surface area contributed by atoms with Crippen LogP contribution in [0.15, 0.2) is 15.4 Å². The fourth-order valence-corrected chi connectivity index (χ4v) is 3.33. The predicted octanol–water partition coefficient (Wildman–Crippen LogP) is 2.37. The van der Waals surface area contributed by atoms with Gasteiger partial charge in [0.05, 0.1) is 12.5 Å². The first-order valence-corrected chi connectivity index (χ1v) is 8.62. The molecule has 0 amide bonds. The number of likely N-dealkylation sites (N-methyl/N-ethyl adjacent to an activating group) is 1. The molecule has 1 aliphatic rings. The predicted molar refractivity (Wildman–Crippen MR) is 76.4 cm³/mol. The average Bonchev–Trinajstić information content (AvgIpc) is 3.15. The van der Waals surface area contributed by atoms with E-state index in [4.69, 9.17) is 20.8 Å². The molecule has 0 radical (unpaired) electrons. The molecule has 1 aliphatic carbocycles. The van der Waals surface area contributed by atoms with Crippen LogP contribution in [0.2, 0.25) is 0 Å². The van der Waals surface area contributed by atoms with Gasteiger partial charge < -0.3 is 9.15 Å². The zero-order chi connectivity index (χ0) is 14.8. The number of aryl methyl sites for hydroxylation is 1. The lowest BCUT2D eigenvalue weighted by Gasteiger charge is -2.16. The number of alkyl halides is 1. The normalized spacial score (nSPS) is 16.0. The van der Waals surface area contributed by atoms with E-state index in [0.29, 0.717) is 30.6 Å². The van der Waals surface area contributed by atoms with E-state index in [1.54, 1.807) is 14.0 Å². The summed E-state index contributed by atoms with van der Waals surface area (Å²) in [7, 11) is -2.00. The third kappa shape index (κ3) is 3.75. The highest BCUT2D eigenvalue weighted by molar-refractivity contribution is 7.89. The number of ether oxygens (including phenoxy) is 1. The number of rotatable bonds is 8. The molecule has 1 saturated carbocycles. The van der Waals surface area contributed by atoms with Crippen molar-refractivity contribution in [3.8, 4) is 0 Å². The molecule has 0 aliphatic heterocycles. The molecule has 0 saturated heterocycles. The molecular formula is C13H20ClNO4S. The van der Waals surface area contributed by atoms with Gasteiger partial charge in [0.2, 0.25) is 10.0 Å². The Balaban J connectivity index is 1.94. The first-order valence-electron chi connectivity index (χ1n) is 6.64. The van der Waals surface area contributed by atoms with Gasteiger partial charge in [0.1, 0.15) is 16.4 Å². The highest BCUT2D eigenvalue weighted by atomic mass is 35.5. The number of hydrogen-bond donors (Lipinski definition) is 0. The van der Waals surface area contributed by atoms with Crippen LogP contribution in [0, 0.1) is 12.8 Å². The fourth-order valence-electron chi connectivity index (χ4n) is 1.86. The van der Waals surface area contributed by atoms with Crippen LogP contribution in [0.3, 0.4) is 0 Å². The maximum atomic E-state index is 12.4. The molecule has 1 fully saturated rings. The van der Waals surface area contributed by atoms with Crippen molar-refractivity contribution < 1.29 is 17.6 Å². The van der Waals surface area contributed by atoms with Crippen molar-refractivity contribution in [3.63, 3.8) is 0 Å². The summed E-state index contributed by atoms with van der Waals surface area (Å²) in [5, 5.41) is 0. The molecular weight excluding hydrogens is 302 g/mol. The molecule has 0 atom stereocenters. The number of furan rings is 1. The zero-order valence-electron chi connectivity index (χ0n) is 11.8. The van der Waals surface area contributed by atoms with Gasteiger partial charge >= 0.3 is 0 Å². The van der Waals surface area contributed by atoms with Crippen LogP contribution in [0.4, 0.5) is 0 Å². The van der Waals surface area contributed by atoms with Crippen LogP contribution in [-0.2, 0) is 20.6 Å². The van der Waals surface area contributed by atoms with Crippen molar-refractivity contribution in [3.05, 3.63) is 17.6 Å². The van der Waals surface area contributed by atoms with E-state index >= 15 is 0 Å². The minimum Gasteiger partial charge on any atom is -0.464 e. The second-order valence-corrected chi connectivity index (χ2v) is 7.39. The summed E-state index contributed by atoms with van der Waals surface area (Å²) in [6, 6.07) is 1.49. The maximum Gasteiger partial charge on any atom is 0.246 e. The summed E-state index contributed by atoms with van der Waals surface area (Å²) >= 11 is 5.66. The van der Waals surface area contributed by atoms with E-state index < -0.39 is 10.0 Å². The van der Waals surface area contributed by atoms with Gasteiger partial charge in [0, 0.05) is 26.3 Å². The maximum absolute atomic E-state index is 12.4. The molecule has 5 nitrogen and oxygen atoms in total. The van der Waals surface area contributed by atoms with Crippen LogP contribution in [-0.4, -0.2) is 39.5 Å². The number of nitrogens with zero attached hydrogens (tertiary/aromatic N) is 1. The largest absolute Gasteiger partial charge is 0.464 e. The Labute approximate surface area is 124 Å². The Morgan fingerprint density at radius 3 is 2.75 bits per heavy atom. The Kier molecular flexibility index (Phi) is 5.12. The smallest absolute Gasteiger partial charge is 0.246 e. The van der Waals surface area contributed by atoms with Gasteiger partial charge in [-0.1, -0.05) is 0 Å². The molecule has 0 aromatic carbocycles. The van der Waals surface area contributed by atoms with Gasteiger partial charge in [-0.25, -0.2) is 8.42 Å². The minimum atomic E-state index is -3.54. The molecule has 7 heteroatoms. The van der Waals surface area contributed by atoms with E-state index in [1.807, 2.05) is 0 Å². The second-order valence-electron chi connectivity index (χ2n) is 5.11. The zero-order valence-corrected chi connectivity index (χ0v) is 13.3. The summed E-state index contributed by atoms with van der Waals surface area (Å²) in [6.07, 6.45) is 2.45. The van der Waals surface area contributed by atoms with Gasteiger partial charge in [0.15, 0.2) is 0 Å². The monoisotopic (exact) mass is 321 g/mol. The molecule has 1 aromatic heterocycles. The van der Waals surface area contributed by atoms with Crippen molar-refractivity contribution in [1.82, 2.24) is 4.31 Å².